The molecule has 0 aromatic carbocycles. The summed E-state index contributed by atoms with van der Waals surface area (Å²) in [4.78, 5) is 12.4. The van der Waals surface area contributed by atoms with Crippen molar-refractivity contribution >= 4 is 5.91 Å². The summed E-state index contributed by atoms with van der Waals surface area (Å²) in [5, 5.41) is 32.9. The van der Waals surface area contributed by atoms with Crippen LogP contribution in [0.3, 0.4) is 0 Å². The number of unbranched alkanes of at least 4 members (excludes halogenated alkanes) is 22. The molecule has 0 radical (unpaired) electrons. The van der Waals surface area contributed by atoms with Gasteiger partial charge in [0.2, 0.25) is 5.91 Å². The van der Waals surface area contributed by atoms with E-state index in [-0.39, 0.29) is 6.61 Å². The Labute approximate surface area is 279 Å². The number of hydrogen-bond donors (Lipinski definition) is 4. The van der Waals surface area contributed by atoms with Crippen molar-refractivity contribution in [1.82, 2.24) is 5.32 Å². The van der Waals surface area contributed by atoms with Crippen LogP contribution in [0.25, 0.3) is 0 Å². The quantitative estimate of drug-likeness (QED) is 0.0419. The standard InChI is InChI=1S/C40H75NO4/c1-3-5-7-9-11-13-15-17-18-19-20-21-22-23-25-27-29-31-33-35-39(44)40(45)41-37(36-42)38(43)34-32-30-28-26-24-16-14-12-10-8-6-4-2/h10,12,24,26,32,34,37-39,42-44H,3-9,11,13-23,25,27-31,33,35-36H2,1-2H3,(H,41,45)/b12-10+,26-24+,34-32+. The second-order valence-electron chi connectivity index (χ2n) is 13.1. The van der Waals surface area contributed by atoms with Crippen LogP contribution in [0.4, 0.5) is 0 Å². The third-order valence-electron chi connectivity index (χ3n) is 8.71. The highest BCUT2D eigenvalue weighted by Gasteiger charge is 2.22. The zero-order valence-electron chi connectivity index (χ0n) is 29.7. The maximum absolute atomic E-state index is 12.4. The van der Waals surface area contributed by atoms with Gasteiger partial charge in [0.25, 0.3) is 0 Å². The molecule has 5 nitrogen and oxygen atoms in total. The Morgan fingerprint density at radius 3 is 1.33 bits per heavy atom. The van der Waals surface area contributed by atoms with Gasteiger partial charge in [0.1, 0.15) is 6.10 Å². The Kier molecular flexibility index (Phi) is 34.3. The van der Waals surface area contributed by atoms with E-state index in [1.807, 2.05) is 6.08 Å². The van der Waals surface area contributed by atoms with E-state index in [0.29, 0.717) is 6.42 Å². The number of allylic oxidation sites excluding steroid dienone is 5. The number of aliphatic hydroxyl groups excluding tert-OH is 3. The highest BCUT2D eigenvalue weighted by Crippen LogP contribution is 2.15. The molecular weight excluding hydrogens is 558 g/mol. The van der Waals surface area contributed by atoms with Crippen molar-refractivity contribution in [3.63, 3.8) is 0 Å². The zero-order chi connectivity index (χ0) is 33.1. The van der Waals surface area contributed by atoms with Crippen molar-refractivity contribution in [2.45, 2.75) is 205 Å². The van der Waals surface area contributed by atoms with E-state index in [1.54, 1.807) is 6.08 Å². The van der Waals surface area contributed by atoms with Gasteiger partial charge in [0.05, 0.1) is 18.8 Å². The molecule has 3 unspecified atom stereocenters. The predicted molar refractivity (Wildman–Crippen MR) is 194 cm³/mol. The fourth-order valence-corrected chi connectivity index (χ4v) is 5.61. The van der Waals surface area contributed by atoms with Gasteiger partial charge in [-0.15, -0.1) is 0 Å². The summed E-state index contributed by atoms with van der Waals surface area (Å²) >= 11 is 0. The maximum Gasteiger partial charge on any atom is 0.249 e. The maximum atomic E-state index is 12.4. The smallest absolute Gasteiger partial charge is 0.249 e. The normalized spacial score (nSPS) is 14.2. The Bertz CT molecular complexity index is 704. The molecule has 0 saturated carbocycles. The molecule has 45 heavy (non-hydrogen) atoms. The van der Waals surface area contributed by atoms with Gasteiger partial charge in [-0.3, -0.25) is 4.79 Å². The van der Waals surface area contributed by atoms with Gasteiger partial charge < -0.3 is 20.6 Å². The van der Waals surface area contributed by atoms with E-state index in [0.717, 1.165) is 44.9 Å². The van der Waals surface area contributed by atoms with E-state index in [4.69, 9.17) is 0 Å². The Morgan fingerprint density at radius 1 is 0.533 bits per heavy atom. The van der Waals surface area contributed by atoms with Crippen LogP contribution in [0, 0.1) is 0 Å². The van der Waals surface area contributed by atoms with E-state index in [1.165, 1.54) is 122 Å². The van der Waals surface area contributed by atoms with Gasteiger partial charge in [-0.2, -0.15) is 0 Å². The highest BCUT2D eigenvalue weighted by molar-refractivity contribution is 5.80. The topological polar surface area (TPSA) is 89.8 Å². The number of aliphatic hydroxyl groups is 3. The Hall–Kier alpha value is -1.43. The Morgan fingerprint density at radius 2 is 0.911 bits per heavy atom. The molecule has 1 amide bonds. The molecule has 0 aliphatic heterocycles. The largest absolute Gasteiger partial charge is 0.394 e. The third kappa shape index (κ3) is 31.0. The summed E-state index contributed by atoms with van der Waals surface area (Å²) in [5.41, 5.74) is 0. The van der Waals surface area contributed by atoms with Crippen LogP contribution in [0.1, 0.15) is 187 Å². The molecule has 3 atom stereocenters. The average Bonchev–Trinajstić information content (AvgIpc) is 3.04. The number of hydrogen-bond acceptors (Lipinski definition) is 4. The molecule has 0 aliphatic carbocycles. The van der Waals surface area contributed by atoms with Crippen molar-refractivity contribution in [1.29, 1.82) is 0 Å². The average molecular weight is 634 g/mol. The van der Waals surface area contributed by atoms with Gasteiger partial charge in [-0.25, -0.2) is 0 Å². The molecule has 0 spiro atoms. The number of carbonyl (C=O) groups is 1. The molecule has 0 aromatic heterocycles. The van der Waals surface area contributed by atoms with Gasteiger partial charge >= 0.3 is 0 Å². The first-order valence-electron chi connectivity index (χ1n) is 19.3. The predicted octanol–water partition coefficient (Wildman–Crippen LogP) is 10.4. The summed E-state index contributed by atoms with van der Waals surface area (Å²) in [7, 11) is 0. The molecule has 0 fully saturated rings. The van der Waals surface area contributed by atoms with E-state index < -0.39 is 24.2 Å². The van der Waals surface area contributed by atoms with Gasteiger partial charge in [-0.1, -0.05) is 185 Å². The highest BCUT2D eigenvalue weighted by atomic mass is 16.3. The molecular formula is C40H75NO4. The van der Waals surface area contributed by atoms with Gasteiger partial charge in [0, 0.05) is 0 Å². The van der Waals surface area contributed by atoms with Crippen molar-refractivity contribution < 1.29 is 20.1 Å². The molecule has 0 rings (SSSR count). The van der Waals surface area contributed by atoms with E-state index in [2.05, 4.69) is 43.5 Å². The number of carbonyl (C=O) groups excluding carboxylic acids is 1. The molecule has 4 N–H and O–H groups in total. The lowest BCUT2D eigenvalue weighted by Gasteiger charge is -2.21. The van der Waals surface area contributed by atoms with E-state index in [9.17, 15) is 20.1 Å². The fraction of sp³-hybridized carbons (Fsp3) is 0.825. The first kappa shape index (κ1) is 43.6. The van der Waals surface area contributed by atoms with Crippen LogP contribution in [-0.2, 0) is 4.79 Å². The van der Waals surface area contributed by atoms with Gasteiger partial charge in [0.15, 0.2) is 0 Å². The molecule has 0 aromatic rings. The molecule has 264 valence electrons. The second kappa shape index (κ2) is 35.4. The van der Waals surface area contributed by atoms with Crippen LogP contribution in [0.2, 0.25) is 0 Å². The second-order valence-corrected chi connectivity index (χ2v) is 13.1. The summed E-state index contributed by atoms with van der Waals surface area (Å²) < 4.78 is 0. The SMILES string of the molecule is CCCC/C=C/CC/C=C/CC/C=C/C(O)C(CO)NC(=O)C(O)CCCCCCCCCCCCCCCCCCCCC. The van der Waals surface area contributed by atoms with Gasteiger partial charge in [-0.05, 0) is 38.5 Å². The number of amides is 1. The monoisotopic (exact) mass is 634 g/mol. The minimum atomic E-state index is -1.10. The summed E-state index contributed by atoms with van der Waals surface area (Å²) in [5.74, 6) is -0.518. The van der Waals surface area contributed by atoms with Crippen LogP contribution in [-0.4, -0.2) is 46.1 Å². The lowest BCUT2D eigenvalue weighted by atomic mass is 10.0. The first-order valence-corrected chi connectivity index (χ1v) is 19.3. The third-order valence-corrected chi connectivity index (χ3v) is 8.71. The number of rotatable bonds is 34. The van der Waals surface area contributed by atoms with Crippen LogP contribution < -0.4 is 5.32 Å². The lowest BCUT2D eigenvalue weighted by molar-refractivity contribution is -0.131. The number of nitrogens with one attached hydrogen (secondary N) is 1. The van der Waals surface area contributed by atoms with Crippen molar-refractivity contribution in [3.05, 3.63) is 36.5 Å². The molecule has 0 saturated heterocycles. The minimum Gasteiger partial charge on any atom is -0.394 e. The fourth-order valence-electron chi connectivity index (χ4n) is 5.61. The van der Waals surface area contributed by atoms with E-state index >= 15 is 0 Å². The van der Waals surface area contributed by atoms with Crippen molar-refractivity contribution in [2.24, 2.45) is 0 Å². The molecule has 0 aliphatic rings. The van der Waals surface area contributed by atoms with Crippen LogP contribution in [0.15, 0.2) is 36.5 Å². The first-order chi connectivity index (χ1) is 22.1. The van der Waals surface area contributed by atoms with Crippen LogP contribution >= 0.6 is 0 Å². The zero-order valence-corrected chi connectivity index (χ0v) is 29.7. The molecule has 0 heterocycles. The van der Waals surface area contributed by atoms with Crippen molar-refractivity contribution in [2.75, 3.05) is 6.61 Å². The lowest BCUT2D eigenvalue weighted by Crippen LogP contribution is -2.48. The molecule has 0 bridgehead atoms. The molecule has 5 heteroatoms. The van der Waals surface area contributed by atoms with Crippen LogP contribution in [0.5, 0.6) is 0 Å². The van der Waals surface area contributed by atoms with Crippen molar-refractivity contribution in [3.8, 4) is 0 Å². The summed E-state index contributed by atoms with van der Waals surface area (Å²) in [6, 6.07) is -0.816. The minimum absolute atomic E-state index is 0.380. The summed E-state index contributed by atoms with van der Waals surface area (Å²) in [6.45, 7) is 4.11. The Balaban J connectivity index is 3.72. The summed E-state index contributed by atoms with van der Waals surface area (Å²) in [6.07, 6.45) is 43.1.